The van der Waals surface area contributed by atoms with Gasteiger partial charge in [0, 0.05) is 25.4 Å². The predicted molar refractivity (Wildman–Crippen MR) is 144 cm³/mol. The molecule has 1 aromatic rings. The van der Waals surface area contributed by atoms with Gasteiger partial charge in [0.05, 0.1) is 11.5 Å². The summed E-state index contributed by atoms with van der Waals surface area (Å²) in [6, 6.07) is 5.01. The van der Waals surface area contributed by atoms with E-state index in [0.29, 0.717) is 19.3 Å². The number of carbonyl (C=O) groups excluding carboxylic acids is 3. The van der Waals surface area contributed by atoms with Crippen LogP contribution in [0.25, 0.3) is 0 Å². The number of hydrogen-bond donors (Lipinski definition) is 1. The first-order chi connectivity index (χ1) is 18.1. The minimum Gasteiger partial charge on any atom is -0.461 e. The van der Waals surface area contributed by atoms with Crippen LogP contribution in [0.3, 0.4) is 0 Å². The van der Waals surface area contributed by atoms with E-state index in [9.17, 15) is 19.5 Å². The molecule has 3 fully saturated rings. The highest BCUT2D eigenvalue weighted by Gasteiger charge is 2.80. The van der Waals surface area contributed by atoms with Gasteiger partial charge in [0.1, 0.15) is 24.2 Å². The number of aryl methyl sites for hydroxylation is 2. The molecule has 1 aromatic carbocycles. The lowest BCUT2D eigenvalue weighted by Crippen LogP contribution is -2.57. The number of benzene rings is 1. The quantitative estimate of drug-likeness (QED) is 0.271. The third kappa shape index (κ3) is 4.28. The molecule has 1 spiro atoms. The topological polar surface area (TPSA) is 96.4 Å². The highest BCUT2D eigenvalue weighted by atomic mass is 16.6. The van der Waals surface area contributed by atoms with Gasteiger partial charge in [-0.15, -0.1) is 6.58 Å². The molecule has 3 heterocycles. The summed E-state index contributed by atoms with van der Waals surface area (Å²) in [6.07, 6.45) is 4.67. The number of aliphatic hydroxyl groups excluding tert-OH is 1. The summed E-state index contributed by atoms with van der Waals surface area (Å²) in [6.45, 7) is 15.9. The molecule has 8 heteroatoms. The number of fused-ring (bicyclic) bond motifs is 1. The van der Waals surface area contributed by atoms with Crippen LogP contribution in [0.5, 0.6) is 0 Å². The first kappa shape index (κ1) is 28.0. The molecule has 8 nitrogen and oxygen atoms in total. The number of amides is 2. The Bertz CT molecular complexity index is 1130. The molecule has 0 radical (unpaired) electrons. The monoisotopic (exact) mass is 524 g/mol. The van der Waals surface area contributed by atoms with E-state index in [1.54, 1.807) is 15.9 Å². The van der Waals surface area contributed by atoms with Gasteiger partial charge in [-0.05, 0) is 63.1 Å². The van der Waals surface area contributed by atoms with Crippen molar-refractivity contribution < 1.29 is 29.0 Å². The molecule has 3 aliphatic rings. The highest BCUT2D eigenvalue weighted by molar-refractivity contribution is 6.05. The molecule has 0 saturated carbocycles. The number of esters is 1. The standard InChI is InChI=1S/C30H40N2O6/c1-7-13-31(22-17-19(3)11-12-20(22)4)27(35)25-30-18-21(5)29(6,38-30)24(28(36)37-16-8-2)23(30)26(34)32(25)14-9-10-15-33/h7-8,11-12,17,21,23-25,33H,1-2,9-10,13-16,18H2,3-6H3/t21?,23-,24-,25?,29+,30?/m0/s1. The third-order valence-corrected chi connectivity index (χ3v) is 8.69. The highest BCUT2D eigenvalue weighted by Crippen LogP contribution is 2.65. The molecule has 3 unspecified atom stereocenters. The zero-order valence-corrected chi connectivity index (χ0v) is 22.9. The van der Waals surface area contributed by atoms with Crippen molar-refractivity contribution in [2.45, 2.75) is 64.2 Å². The van der Waals surface area contributed by atoms with Crippen LogP contribution in [0.1, 0.15) is 44.2 Å². The molecule has 6 atom stereocenters. The molecule has 0 aliphatic carbocycles. The summed E-state index contributed by atoms with van der Waals surface area (Å²) in [5, 5.41) is 9.39. The van der Waals surface area contributed by atoms with Crippen LogP contribution in [0.2, 0.25) is 0 Å². The minimum atomic E-state index is -1.16. The van der Waals surface area contributed by atoms with Gasteiger partial charge < -0.3 is 24.4 Å². The first-order valence-corrected chi connectivity index (χ1v) is 13.5. The maximum Gasteiger partial charge on any atom is 0.313 e. The number of unbranched alkanes of at least 4 members (excludes halogenated alkanes) is 1. The Morgan fingerprint density at radius 2 is 2.00 bits per heavy atom. The Kier molecular flexibility index (Phi) is 7.86. The minimum absolute atomic E-state index is 0.0115. The van der Waals surface area contributed by atoms with Gasteiger partial charge in [0.2, 0.25) is 5.91 Å². The summed E-state index contributed by atoms with van der Waals surface area (Å²) >= 11 is 0. The van der Waals surface area contributed by atoms with Crippen LogP contribution in [0.4, 0.5) is 5.69 Å². The lowest BCUT2D eigenvalue weighted by atomic mass is 9.62. The number of aliphatic hydroxyl groups is 1. The van der Waals surface area contributed by atoms with Gasteiger partial charge in [-0.2, -0.15) is 0 Å². The van der Waals surface area contributed by atoms with E-state index in [1.165, 1.54) is 6.08 Å². The molecule has 3 saturated heterocycles. The number of nitrogens with zero attached hydrogens (tertiary/aromatic N) is 2. The van der Waals surface area contributed by atoms with Gasteiger partial charge in [0.25, 0.3) is 5.91 Å². The Balaban J connectivity index is 1.83. The second-order valence-corrected chi connectivity index (χ2v) is 11.1. The average Bonchev–Trinajstić information content (AvgIpc) is 3.39. The zero-order valence-electron chi connectivity index (χ0n) is 22.9. The number of carbonyl (C=O) groups is 3. The van der Waals surface area contributed by atoms with Crippen molar-refractivity contribution >= 4 is 23.5 Å². The smallest absolute Gasteiger partial charge is 0.313 e. The van der Waals surface area contributed by atoms with Crippen LogP contribution < -0.4 is 4.90 Å². The summed E-state index contributed by atoms with van der Waals surface area (Å²) in [5.74, 6) is -2.75. The predicted octanol–water partition coefficient (Wildman–Crippen LogP) is 3.33. The Hall–Kier alpha value is -2.97. The number of rotatable bonds is 11. The van der Waals surface area contributed by atoms with E-state index in [4.69, 9.17) is 9.47 Å². The second kappa shape index (κ2) is 10.7. The van der Waals surface area contributed by atoms with Crippen molar-refractivity contribution in [2.75, 3.05) is 31.2 Å². The van der Waals surface area contributed by atoms with E-state index in [2.05, 4.69) is 13.2 Å². The lowest BCUT2D eigenvalue weighted by molar-refractivity contribution is -0.160. The Morgan fingerprint density at radius 1 is 1.26 bits per heavy atom. The normalized spacial score (nSPS) is 31.3. The average molecular weight is 525 g/mol. The van der Waals surface area contributed by atoms with E-state index in [0.717, 1.165) is 16.8 Å². The summed E-state index contributed by atoms with van der Waals surface area (Å²) < 4.78 is 12.2. The van der Waals surface area contributed by atoms with Crippen LogP contribution in [-0.2, 0) is 23.9 Å². The van der Waals surface area contributed by atoms with Gasteiger partial charge >= 0.3 is 5.97 Å². The van der Waals surface area contributed by atoms with Gasteiger partial charge in [-0.1, -0.05) is 37.8 Å². The number of likely N-dealkylation sites (tertiary alicyclic amines) is 1. The second-order valence-electron chi connectivity index (χ2n) is 11.1. The number of anilines is 1. The fraction of sp³-hybridized carbons (Fsp3) is 0.567. The fourth-order valence-corrected chi connectivity index (χ4v) is 6.84. The van der Waals surface area contributed by atoms with Gasteiger partial charge in [-0.3, -0.25) is 14.4 Å². The number of ether oxygens (including phenoxy) is 2. The zero-order chi connectivity index (χ0) is 27.8. The van der Waals surface area contributed by atoms with Gasteiger partial charge in [-0.25, -0.2) is 0 Å². The third-order valence-electron chi connectivity index (χ3n) is 8.69. The molecular weight excluding hydrogens is 484 g/mol. The van der Waals surface area contributed by atoms with Crippen LogP contribution in [0, 0.1) is 31.6 Å². The molecule has 206 valence electrons. The largest absolute Gasteiger partial charge is 0.461 e. The molecule has 2 amide bonds. The van der Waals surface area contributed by atoms with Crippen LogP contribution in [-0.4, -0.2) is 71.3 Å². The van der Waals surface area contributed by atoms with Crippen LogP contribution >= 0.6 is 0 Å². The lowest BCUT2D eigenvalue weighted by Gasteiger charge is -2.37. The first-order valence-electron chi connectivity index (χ1n) is 13.5. The van der Waals surface area contributed by atoms with E-state index in [1.807, 2.05) is 45.9 Å². The van der Waals surface area contributed by atoms with Crippen molar-refractivity contribution in [1.82, 2.24) is 4.90 Å². The molecule has 1 N–H and O–H groups in total. The van der Waals surface area contributed by atoms with Crippen molar-refractivity contribution in [3.05, 3.63) is 54.6 Å². The molecule has 4 rings (SSSR count). The summed E-state index contributed by atoms with van der Waals surface area (Å²) in [4.78, 5) is 45.3. The van der Waals surface area contributed by atoms with Crippen molar-refractivity contribution in [3.63, 3.8) is 0 Å². The molecule has 2 bridgehead atoms. The summed E-state index contributed by atoms with van der Waals surface area (Å²) in [7, 11) is 0. The van der Waals surface area contributed by atoms with Crippen LogP contribution in [0.15, 0.2) is 43.5 Å². The van der Waals surface area contributed by atoms with Crippen molar-refractivity contribution in [2.24, 2.45) is 17.8 Å². The SMILES string of the molecule is C=CCOC(=O)[C@@H]1[C@H]2C(=O)N(CCCCO)C(C(=O)N(CC=C)c3cc(C)ccc3C)C23CC(C)[C@@]1(C)O3. The maximum absolute atomic E-state index is 14.6. The molecular formula is C30H40N2O6. The molecule has 0 aromatic heterocycles. The number of hydrogen-bond acceptors (Lipinski definition) is 6. The summed E-state index contributed by atoms with van der Waals surface area (Å²) in [5.41, 5.74) is 0.605. The van der Waals surface area contributed by atoms with Crippen molar-refractivity contribution in [1.29, 1.82) is 0 Å². The van der Waals surface area contributed by atoms with E-state index >= 15 is 0 Å². The molecule has 38 heavy (non-hydrogen) atoms. The maximum atomic E-state index is 14.6. The Labute approximate surface area is 225 Å². The van der Waals surface area contributed by atoms with Crippen molar-refractivity contribution in [3.8, 4) is 0 Å². The fourth-order valence-electron chi connectivity index (χ4n) is 6.84. The van der Waals surface area contributed by atoms with Gasteiger partial charge in [0.15, 0.2) is 0 Å². The Morgan fingerprint density at radius 3 is 2.66 bits per heavy atom. The van der Waals surface area contributed by atoms with E-state index in [-0.39, 0.29) is 44.0 Å². The van der Waals surface area contributed by atoms with E-state index < -0.39 is 35.0 Å². The molecule has 3 aliphatic heterocycles.